The Kier molecular flexibility index (Phi) is 5.88. The first-order chi connectivity index (χ1) is 18.4. The second-order valence-electron chi connectivity index (χ2n) is 8.68. The van der Waals surface area contributed by atoms with Gasteiger partial charge in [-0.3, -0.25) is 14.5 Å². The van der Waals surface area contributed by atoms with Crippen LogP contribution in [0, 0.1) is 0 Å². The summed E-state index contributed by atoms with van der Waals surface area (Å²) in [5.74, 6) is -0.478. The number of ether oxygens (including phenoxy) is 3. The number of amides is 1. The molecule has 0 aliphatic carbocycles. The van der Waals surface area contributed by atoms with Crippen LogP contribution in [0.4, 0.5) is 5.13 Å². The molecule has 6 rings (SSSR count). The van der Waals surface area contributed by atoms with Crippen LogP contribution in [-0.4, -0.2) is 46.7 Å². The fraction of sp³-hybridized carbons (Fsp3) is 0.179. The first-order valence-electron chi connectivity index (χ1n) is 12.0. The SMILES string of the molecule is CCOc1ccc2nc(N3C(=O)C(=O)/C(=C(/O)c4ccc5c(c4)OCCO5)[C@@H]3c3cccc(O)c3)sc2c1. The van der Waals surface area contributed by atoms with Crippen molar-refractivity contribution in [2.45, 2.75) is 13.0 Å². The second kappa shape index (κ2) is 9.38. The monoisotopic (exact) mass is 530 g/mol. The highest BCUT2D eigenvalue weighted by molar-refractivity contribution is 7.22. The van der Waals surface area contributed by atoms with E-state index in [9.17, 15) is 19.8 Å². The number of ketones is 1. The summed E-state index contributed by atoms with van der Waals surface area (Å²) in [5, 5.41) is 21.9. The zero-order chi connectivity index (χ0) is 26.4. The number of phenols is 1. The van der Waals surface area contributed by atoms with Crippen molar-refractivity contribution in [2.24, 2.45) is 0 Å². The molecule has 1 fully saturated rings. The third-order valence-corrected chi connectivity index (χ3v) is 7.33. The van der Waals surface area contributed by atoms with Crippen LogP contribution in [-0.2, 0) is 9.59 Å². The normalized spacial score (nSPS) is 18.2. The van der Waals surface area contributed by atoms with E-state index in [1.54, 1.807) is 42.5 Å². The molecule has 2 aliphatic rings. The van der Waals surface area contributed by atoms with Gasteiger partial charge in [0.05, 0.1) is 28.4 Å². The highest BCUT2D eigenvalue weighted by Crippen LogP contribution is 2.45. The maximum Gasteiger partial charge on any atom is 0.301 e. The first-order valence-corrected chi connectivity index (χ1v) is 12.8. The Morgan fingerprint density at radius 3 is 2.68 bits per heavy atom. The molecule has 10 heteroatoms. The van der Waals surface area contributed by atoms with Crippen molar-refractivity contribution in [1.29, 1.82) is 0 Å². The molecule has 3 aromatic carbocycles. The Bertz CT molecular complexity index is 1630. The lowest BCUT2D eigenvalue weighted by atomic mass is 9.95. The Morgan fingerprint density at radius 1 is 1.08 bits per heavy atom. The van der Waals surface area contributed by atoms with Gasteiger partial charge in [0.15, 0.2) is 16.6 Å². The molecule has 0 unspecified atom stereocenters. The van der Waals surface area contributed by atoms with Gasteiger partial charge in [-0.05, 0) is 61.0 Å². The lowest BCUT2D eigenvalue weighted by Crippen LogP contribution is -2.29. The van der Waals surface area contributed by atoms with Crippen molar-refractivity contribution in [1.82, 2.24) is 4.98 Å². The molecule has 192 valence electrons. The van der Waals surface area contributed by atoms with Crippen LogP contribution < -0.4 is 19.1 Å². The number of phenolic OH excluding ortho intramolecular Hbond substituents is 1. The van der Waals surface area contributed by atoms with Crippen molar-refractivity contribution >= 4 is 44.1 Å². The molecule has 2 aliphatic heterocycles. The van der Waals surface area contributed by atoms with Crippen molar-refractivity contribution in [2.75, 3.05) is 24.7 Å². The predicted molar refractivity (Wildman–Crippen MR) is 141 cm³/mol. The molecule has 0 bridgehead atoms. The average molecular weight is 531 g/mol. The number of rotatable bonds is 5. The third-order valence-electron chi connectivity index (χ3n) is 6.31. The molecule has 1 saturated heterocycles. The topological polar surface area (TPSA) is 118 Å². The molecule has 1 aromatic heterocycles. The van der Waals surface area contributed by atoms with Gasteiger partial charge in [-0.1, -0.05) is 23.5 Å². The van der Waals surface area contributed by atoms with Gasteiger partial charge in [-0.25, -0.2) is 4.98 Å². The fourth-order valence-corrected chi connectivity index (χ4v) is 5.66. The van der Waals surface area contributed by atoms with Crippen molar-refractivity contribution < 1.29 is 34.0 Å². The number of aromatic nitrogens is 1. The van der Waals surface area contributed by atoms with E-state index in [2.05, 4.69) is 4.98 Å². The van der Waals surface area contributed by atoms with Crippen molar-refractivity contribution in [3.05, 3.63) is 77.4 Å². The quantitative estimate of drug-likeness (QED) is 0.215. The number of nitrogens with zero attached hydrogens (tertiary/aromatic N) is 2. The van der Waals surface area contributed by atoms with E-state index in [-0.39, 0.29) is 22.2 Å². The summed E-state index contributed by atoms with van der Waals surface area (Å²) >= 11 is 1.23. The summed E-state index contributed by atoms with van der Waals surface area (Å²) in [5.41, 5.74) is 1.25. The number of hydrogen-bond acceptors (Lipinski definition) is 9. The number of hydrogen-bond donors (Lipinski definition) is 2. The number of aliphatic hydroxyl groups excluding tert-OH is 1. The number of thiazole rings is 1. The summed E-state index contributed by atoms with van der Waals surface area (Å²) in [7, 11) is 0. The van der Waals surface area contributed by atoms with Gasteiger partial charge < -0.3 is 24.4 Å². The smallest absolute Gasteiger partial charge is 0.301 e. The molecular formula is C28H22N2O7S. The highest BCUT2D eigenvalue weighted by Gasteiger charge is 2.48. The molecule has 3 heterocycles. The van der Waals surface area contributed by atoms with Gasteiger partial charge in [0.25, 0.3) is 5.78 Å². The lowest BCUT2D eigenvalue weighted by molar-refractivity contribution is -0.132. The Morgan fingerprint density at radius 2 is 1.89 bits per heavy atom. The first kappa shape index (κ1) is 23.8. The second-order valence-corrected chi connectivity index (χ2v) is 9.69. The number of anilines is 1. The number of aromatic hydroxyl groups is 1. The molecule has 1 atom stereocenters. The van der Waals surface area contributed by atoms with E-state index >= 15 is 0 Å². The largest absolute Gasteiger partial charge is 0.508 e. The zero-order valence-electron chi connectivity index (χ0n) is 20.2. The zero-order valence-corrected chi connectivity index (χ0v) is 21.0. The standard InChI is InChI=1S/C28H22N2O7S/c1-2-35-18-7-8-19-22(14-18)38-28(29-19)30-24(15-4-3-5-17(31)12-15)23(26(33)27(30)34)25(32)16-6-9-20-21(13-16)37-11-10-36-20/h3-9,12-14,24,31-32H,2,10-11H2,1H3/b25-23+/t24-/m0/s1. The van der Waals surface area contributed by atoms with Gasteiger partial charge in [-0.15, -0.1) is 0 Å². The predicted octanol–water partition coefficient (Wildman–Crippen LogP) is 4.80. The molecule has 38 heavy (non-hydrogen) atoms. The maximum absolute atomic E-state index is 13.5. The minimum absolute atomic E-state index is 0.0435. The van der Waals surface area contributed by atoms with E-state index in [0.29, 0.717) is 53.7 Å². The summed E-state index contributed by atoms with van der Waals surface area (Å²) in [6, 6.07) is 15.4. The van der Waals surface area contributed by atoms with Crippen LogP contribution in [0.5, 0.6) is 23.0 Å². The number of carbonyl (C=O) groups is 2. The Labute approximate surface area is 221 Å². The Hall–Kier alpha value is -4.57. The van der Waals surface area contributed by atoms with Crippen LogP contribution in [0.15, 0.2) is 66.2 Å². The molecule has 2 N–H and O–H groups in total. The van der Waals surface area contributed by atoms with Crippen LogP contribution in [0.3, 0.4) is 0 Å². The molecule has 4 aromatic rings. The molecular weight excluding hydrogens is 508 g/mol. The number of benzene rings is 3. The average Bonchev–Trinajstić information content (AvgIpc) is 3.46. The molecule has 9 nitrogen and oxygen atoms in total. The van der Waals surface area contributed by atoms with E-state index in [0.717, 1.165) is 4.70 Å². The lowest BCUT2D eigenvalue weighted by Gasteiger charge is -2.23. The number of aliphatic hydroxyl groups is 1. The minimum Gasteiger partial charge on any atom is -0.508 e. The van der Waals surface area contributed by atoms with E-state index < -0.39 is 17.7 Å². The Balaban J connectivity index is 1.51. The highest BCUT2D eigenvalue weighted by atomic mass is 32.1. The van der Waals surface area contributed by atoms with E-state index in [1.807, 2.05) is 13.0 Å². The van der Waals surface area contributed by atoms with E-state index in [1.165, 1.54) is 28.4 Å². The number of fused-ring (bicyclic) bond motifs is 2. The van der Waals surface area contributed by atoms with Crippen molar-refractivity contribution in [3.8, 4) is 23.0 Å². The fourth-order valence-electron chi connectivity index (χ4n) is 4.64. The number of Topliss-reactive ketones (excluding diaryl/α,β-unsaturated/α-hetero) is 1. The molecule has 0 radical (unpaired) electrons. The summed E-state index contributed by atoms with van der Waals surface area (Å²) < 4.78 is 17.5. The summed E-state index contributed by atoms with van der Waals surface area (Å²) in [6.45, 7) is 3.16. The minimum atomic E-state index is -1.03. The molecule has 0 spiro atoms. The van der Waals surface area contributed by atoms with Crippen LogP contribution in [0.2, 0.25) is 0 Å². The summed E-state index contributed by atoms with van der Waals surface area (Å²) in [6.07, 6.45) is 0. The van der Waals surface area contributed by atoms with Gasteiger partial charge in [0.2, 0.25) is 0 Å². The van der Waals surface area contributed by atoms with Gasteiger partial charge in [-0.2, -0.15) is 0 Å². The van der Waals surface area contributed by atoms with E-state index in [4.69, 9.17) is 14.2 Å². The van der Waals surface area contributed by atoms with Crippen molar-refractivity contribution in [3.63, 3.8) is 0 Å². The van der Waals surface area contributed by atoms with Crippen LogP contribution >= 0.6 is 11.3 Å². The molecule has 0 saturated carbocycles. The van der Waals surface area contributed by atoms with Gasteiger partial charge >= 0.3 is 5.91 Å². The van der Waals surface area contributed by atoms with Crippen LogP contribution in [0.1, 0.15) is 24.1 Å². The van der Waals surface area contributed by atoms with Crippen LogP contribution in [0.25, 0.3) is 16.0 Å². The third kappa shape index (κ3) is 3.99. The molecule has 1 amide bonds. The van der Waals surface area contributed by atoms with Gasteiger partial charge in [0.1, 0.15) is 30.5 Å². The van der Waals surface area contributed by atoms with Gasteiger partial charge in [0, 0.05) is 5.56 Å². The summed E-state index contributed by atoms with van der Waals surface area (Å²) in [4.78, 5) is 32.8. The maximum atomic E-state index is 13.5. The number of carbonyl (C=O) groups excluding carboxylic acids is 2.